The number of hydrogen-bond acceptors (Lipinski definition) is 4. The Morgan fingerprint density at radius 2 is 1.50 bits per heavy atom. The lowest BCUT2D eigenvalue weighted by Crippen LogP contribution is -2.41. The maximum Gasteiger partial charge on any atom is 0.269 e. The van der Waals surface area contributed by atoms with Gasteiger partial charge in [-0.25, -0.2) is 0 Å². The van der Waals surface area contributed by atoms with Crippen molar-refractivity contribution in [2.24, 2.45) is 0 Å². The zero-order chi connectivity index (χ0) is 22.8. The van der Waals surface area contributed by atoms with Gasteiger partial charge in [-0.2, -0.15) is 0 Å². The summed E-state index contributed by atoms with van der Waals surface area (Å²) in [5.74, 6) is 0.475. The first-order valence-electron chi connectivity index (χ1n) is 10.4. The van der Waals surface area contributed by atoms with E-state index < -0.39 is 11.8 Å². The minimum Gasteiger partial charge on any atom is -0.492 e. The fourth-order valence-corrected chi connectivity index (χ4v) is 3.28. The average molecular weight is 497 g/mol. The lowest BCUT2D eigenvalue weighted by molar-refractivity contribution is 0.0846. The number of rotatable bonds is 9. The third kappa shape index (κ3) is 6.85. The van der Waals surface area contributed by atoms with Crippen LogP contribution in [-0.4, -0.2) is 18.4 Å². The van der Waals surface area contributed by atoms with Gasteiger partial charge in [-0.05, 0) is 70.4 Å². The molecule has 6 nitrogen and oxygen atoms in total. The number of nitrogens with one attached hydrogen (secondary N) is 2. The van der Waals surface area contributed by atoms with E-state index in [4.69, 9.17) is 9.47 Å². The summed E-state index contributed by atoms with van der Waals surface area (Å²) in [7, 11) is 0. The van der Waals surface area contributed by atoms with E-state index in [-0.39, 0.29) is 0 Å². The van der Waals surface area contributed by atoms with Gasteiger partial charge in [-0.1, -0.05) is 43.7 Å². The fourth-order valence-electron chi connectivity index (χ4n) is 2.79. The zero-order valence-corrected chi connectivity index (χ0v) is 19.4. The molecule has 2 N–H and O–H groups in total. The Balaban J connectivity index is 1.49. The van der Waals surface area contributed by atoms with Crippen LogP contribution in [-0.2, 0) is 6.61 Å². The second-order valence-electron chi connectivity index (χ2n) is 7.05. The van der Waals surface area contributed by atoms with E-state index in [1.165, 1.54) is 0 Å². The van der Waals surface area contributed by atoms with Gasteiger partial charge in [0.2, 0.25) is 0 Å². The van der Waals surface area contributed by atoms with E-state index in [1.807, 2.05) is 30.3 Å². The van der Waals surface area contributed by atoms with Crippen LogP contribution in [0.25, 0.3) is 0 Å². The van der Waals surface area contributed by atoms with Gasteiger partial charge < -0.3 is 9.47 Å². The summed E-state index contributed by atoms with van der Waals surface area (Å²) < 4.78 is 12.1. The van der Waals surface area contributed by atoms with Crippen molar-refractivity contribution in [3.8, 4) is 11.5 Å². The maximum atomic E-state index is 12.4. The van der Waals surface area contributed by atoms with Gasteiger partial charge in [0, 0.05) is 11.1 Å². The van der Waals surface area contributed by atoms with Crippen LogP contribution >= 0.6 is 15.9 Å². The molecular weight excluding hydrogens is 472 g/mol. The van der Waals surface area contributed by atoms with Crippen LogP contribution in [0.3, 0.4) is 0 Å². The Kier molecular flexibility index (Phi) is 8.69. The van der Waals surface area contributed by atoms with E-state index in [2.05, 4.69) is 33.7 Å². The first-order chi connectivity index (χ1) is 15.6. The molecule has 0 radical (unpaired) electrons. The molecule has 0 aliphatic carbocycles. The van der Waals surface area contributed by atoms with Crippen LogP contribution in [0, 0.1) is 0 Å². The normalized spacial score (nSPS) is 10.3. The molecule has 166 valence electrons. The summed E-state index contributed by atoms with van der Waals surface area (Å²) in [6, 6.07) is 21.6. The monoisotopic (exact) mass is 496 g/mol. The summed E-state index contributed by atoms with van der Waals surface area (Å²) in [5.41, 5.74) is 6.70. The second-order valence-corrected chi connectivity index (χ2v) is 7.91. The third-order valence-corrected chi connectivity index (χ3v) is 5.22. The highest BCUT2D eigenvalue weighted by Gasteiger charge is 2.12. The first-order valence-corrected chi connectivity index (χ1v) is 11.2. The highest BCUT2D eigenvalue weighted by molar-refractivity contribution is 9.10. The molecule has 0 spiro atoms. The molecule has 3 rings (SSSR count). The minimum absolute atomic E-state index is 0.393. The van der Waals surface area contributed by atoms with Crippen molar-refractivity contribution in [1.29, 1.82) is 0 Å². The number of unbranched alkanes of at least 4 members (excludes halogenated alkanes) is 1. The molecule has 0 unspecified atom stereocenters. The summed E-state index contributed by atoms with van der Waals surface area (Å²) in [5, 5.41) is 0. The molecule has 0 saturated carbocycles. The zero-order valence-electron chi connectivity index (χ0n) is 17.8. The van der Waals surface area contributed by atoms with Gasteiger partial charge in [0.15, 0.2) is 0 Å². The number of amides is 2. The Hall–Kier alpha value is -3.32. The minimum atomic E-state index is -0.429. The van der Waals surface area contributed by atoms with Crippen molar-refractivity contribution in [1.82, 2.24) is 10.9 Å². The van der Waals surface area contributed by atoms with Gasteiger partial charge >= 0.3 is 0 Å². The highest BCUT2D eigenvalue weighted by Crippen LogP contribution is 2.26. The molecule has 32 heavy (non-hydrogen) atoms. The van der Waals surface area contributed by atoms with Gasteiger partial charge in [0.25, 0.3) is 11.8 Å². The van der Waals surface area contributed by atoms with Crippen LogP contribution < -0.4 is 20.3 Å². The molecule has 0 fully saturated rings. The number of hydrazine groups is 1. The van der Waals surface area contributed by atoms with Crippen molar-refractivity contribution < 1.29 is 19.1 Å². The molecule has 0 heterocycles. The average Bonchev–Trinajstić information content (AvgIpc) is 2.83. The second kappa shape index (κ2) is 11.9. The van der Waals surface area contributed by atoms with E-state index in [0.29, 0.717) is 40.3 Å². The SMILES string of the molecule is CCCCOc1ccc(C(=O)NNC(=O)c2ccc(OCc3ccccc3)cc2)cc1Br. The molecule has 0 atom stereocenters. The number of hydrogen-bond donors (Lipinski definition) is 2. The van der Waals surface area contributed by atoms with E-state index in [0.717, 1.165) is 18.4 Å². The Labute approximate surface area is 196 Å². The molecule has 0 aromatic heterocycles. The molecule has 7 heteroatoms. The molecular formula is C25H25BrN2O4. The lowest BCUT2D eigenvalue weighted by Gasteiger charge is -2.11. The Morgan fingerprint density at radius 3 is 2.16 bits per heavy atom. The smallest absolute Gasteiger partial charge is 0.269 e. The summed E-state index contributed by atoms with van der Waals surface area (Å²) in [6.07, 6.45) is 2.00. The van der Waals surface area contributed by atoms with Gasteiger partial charge in [0.1, 0.15) is 18.1 Å². The number of carbonyl (C=O) groups is 2. The van der Waals surface area contributed by atoms with Crippen LogP contribution in [0.15, 0.2) is 77.3 Å². The molecule has 2 amide bonds. The number of benzene rings is 3. The van der Waals surface area contributed by atoms with Gasteiger partial charge in [-0.15, -0.1) is 0 Å². The van der Waals surface area contributed by atoms with Gasteiger partial charge in [-0.3, -0.25) is 20.4 Å². The van der Waals surface area contributed by atoms with Crippen LogP contribution in [0.1, 0.15) is 46.0 Å². The number of carbonyl (C=O) groups excluding carboxylic acids is 2. The van der Waals surface area contributed by atoms with Crippen molar-refractivity contribution in [3.63, 3.8) is 0 Å². The topological polar surface area (TPSA) is 76.7 Å². The molecule has 0 aliphatic rings. The molecule has 0 aliphatic heterocycles. The standard InChI is InChI=1S/C25H25BrN2O4/c1-2-3-15-31-23-14-11-20(16-22(23)26)25(30)28-27-24(29)19-9-12-21(13-10-19)32-17-18-7-5-4-6-8-18/h4-14,16H,2-3,15,17H2,1H3,(H,27,29)(H,28,30). The quantitative estimate of drug-likeness (QED) is 0.312. The number of ether oxygens (including phenoxy) is 2. The predicted molar refractivity (Wildman–Crippen MR) is 127 cm³/mol. The van der Waals surface area contributed by atoms with E-state index in [9.17, 15) is 9.59 Å². The van der Waals surface area contributed by atoms with Crippen molar-refractivity contribution >= 4 is 27.7 Å². The first kappa shape index (κ1) is 23.3. The largest absolute Gasteiger partial charge is 0.492 e. The van der Waals surface area contributed by atoms with Crippen molar-refractivity contribution in [2.45, 2.75) is 26.4 Å². The molecule has 3 aromatic rings. The van der Waals surface area contributed by atoms with Crippen LogP contribution in [0.4, 0.5) is 0 Å². The van der Waals surface area contributed by atoms with Crippen LogP contribution in [0.2, 0.25) is 0 Å². The fraction of sp³-hybridized carbons (Fsp3) is 0.200. The summed E-state index contributed by atoms with van der Waals surface area (Å²) in [6.45, 7) is 3.15. The van der Waals surface area contributed by atoms with E-state index in [1.54, 1.807) is 42.5 Å². The molecule has 0 saturated heterocycles. The van der Waals surface area contributed by atoms with Crippen molar-refractivity contribution in [3.05, 3.63) is 94.0 Å². The van der Waals surface area contributed by atoms with Crippen molar-refractivity contribution in [2.75, 3.05) is 6.61 Å². The number of halogens is 1. The Morgan fingerprint density at radius 1 is 0.844 bits per heavy atom. The summed E-state index contributed by atoms with van der Waals surface area (Å²) in [4.78, 5) is 24.7. The molecule has 3 aromatic carbocycles. The molecule has 0 bridgehead atoms. The predicted octanol–water partition coefficient (Wildman–Crippen LogP) is 5.28. The van der Waals surface area contributed by atoms with Crippen LogP contribution in [0.5, 0.6) is 11.5 Å². The lowest BCUT2D eigenvalue weighted by atomic mass is 10.2. The third-order valence-electron chi connectivity index (χ3n) is 4.60. The summed E-state index contributed by atoms with van der Waals surface area (Å²) >= 11 is 3.41. The highest BCUT2D eigenvalue weighted by atomic mass is 79.9. The van der Waals surface area contributed by atoms with E-state index >= 15 is 0 Å². The van der Waals surface area contributed by atoms with Gasteiger partial charge in [0.05, 0.1) is 11.1 Å². The maximum absolute atomic E-state index is 12.4. The Bertz CT molecular complexity index is 1040.